The molecule has 2 aromatic rings. The molecule has 0 aliphatic carbocycles. The summed E-state index contributed by atoms with van der Waals surface area (Å²) in [4.78, 5) is 1.45. The van der Waals surface area contributed by atoms with E-state index < -0.39 is 11.0 Å². The Kier molecular flexibility index (Phi) is 3.75. The SMILES string of the molecule is [O-][NH+](O)c1cc(F)ccc1Sc1ccccc1. The predicted octanol–water partition coefficient (Wildman–Crippen LogP) is 2.38. The highest BCUT2D eigenvalue weighted by atomic mass is 32.2. The fourth-order valence-electron chi connectivity index (χ4n) is 1.37. The van der Waals surface area contributed by atoms with Crippen molar-refractivity contribution in [2.75, 3.05) is 0 Å². The van der Waals surface area contributed by atoms with Gasteiger partial charge >= 0.3 is 0 Å². The van der Waals surface area contributed by atoms with Crippen LogP contribution in [0.2, 0.25) is 0 Å². The molecule has 3 nitrogen and oxygen atoms in total. The van der Waals surface area contributed by atoms with Crippen LogP contribution in [0.25, 0.3) is 0 Å². The molecule has 0 aliphatic heterocycles. The lowest BCUT2D eigenvalue weighted by molar-refractivity contribution is -0.992. The summed E-state index contributed by atoms with van der Waals surface area (Å²) < 4.78 is 13.0. The van der Waals surface area contributed by atoms with Crippen molar-refractivity contribution in [3.05, 3.63) is 59.6 Å². The van der Waals surface area contributed by atoms with Gasteiger partial charge in [-0.25, -0.2) is 9.60 Å². The first kappa shape index (κ1) is 12.1. The van der Waals surface area contributed by atoms with E-state index in [4.69, 9.17) is 5.21 Å². The van der Waals surface area contributed by atoms with E-state index in [1.54, 1.807) is 0 Å². The second kappa shape index (κ2) is 5.29. The van der Waals surface area contributed by atoms with Crippen molar-refractivity contribution in [2.24, 2.45) is 0 Å². The minimum atomic E-state index is -1.12. The molecule has 17 heavy (non-hydrogen) atoms. The molecule has 88 valence electrons. The van der Waals surface area contributed by atoms with Gasteiger partial charge in [0.1, 0.15) is 5.82 Å². The van der Waals surface area contributed by atoms with Gasteiger partial charge in [0.25, 0.3) is 0 Å². The molecule has 2 aromatic carbocycles. The summed E-state index contributed by atoms with van der Waals surface area (Å²) in [5, 5.41) is 18.9. The lowest BCUT2D eigenvalue weighted by atomic mass is 10.3. The van der Waals surface area contributed by atoms with Crippen molar-refractivity contribution in [3.8, 4) is 0 Å². The van der Waals surface area contributed by atoms with Crippen molar-refractivity contribution in [2.45, 2.75) is 9.79 Å². The first-order chi connectivity index (χ1) is 8.16. The Morgan fingerprint density at radius 2 is 1.82 bits per heavy atom. The summed E-state index contributed by atoms with van der Waals surface area (Å²) in [7, 11) is 0. The highest BCUT2D eigenvalue weighted by Crippen LogP contribution is 2.31. The molecule has 0 aliphatic rings. The Balaban J connectivity index is 2.33. The molecule has 0 fully saturated rings. The van der Waals surface area contributed by atoms with Crippen LogP contribution in [0.4, 0.5) is 10.1 Å². The Morgan fingerprint density at radius 1 is 1.12 bits per heavy atom. The molecule has 0 spiro atoms. The number of halogens is 1. The van der Waals surface area contributed by atoms with Crippen molar-refractivity contribution in [3.63, 3.8) is 0 Å². The maximum atomic E-state index is 13.0. The molecule has 0 saturated heterocycles. The minimum Gasteiger partial charge on any atom is -0.595 e. The van der Waals surface area contributed by atoms with E-state index in [1.807, 2.05) is 30.3 Å². The summed E-state index contributed by atoms with van der Waals surface area (Å²) in [6.07, 6.45) is 0. The number of hydrogen-bond acceptors (Lipinski definition) is 3. The van der Waals surface area contributed by atoms with E-state index in [9.17, 15) is 9.60 Å². The van der Waals surface area contributed by atoms with Gasteiger partial charge in [-0.2, -0.15) is 5.23 Å². The van der Waals surface area contributed by atoms with Crippen LogP contribution in [0.5, 0.6) is 0 Å². The van der Waals surface area contributed by atoms with E-state index in [0.717, 1.165) is 11.0 Å². The third kappa shape index (κ3) is 3.04. The lowest BCUT2D eigenvalue weighted by Gasteiger charge is -2.15. The van der Waals surface area contributed by atoms with Crippen LogP contribution in [0.1, 0.15) is 0 Å². The summed E-state index contributed by atoms with van der Waals surface area (Å²) >= 11 is 1.30. The molecular weight excluding hydrogens is 241 g/mol. The molecule has 0 heterocycles. The largest absolute Gasteiger partial charge is 0.595 e. The molecule has 0 bridgehead atoms. The van der Waals surface area contributed by atoms with Crippen molar-refractivity contribution < 1.29 is 14.8 Å². The molecule has 2 N–H and O–H groups in total. The van der Waals surface area contributed by atoms with Crippen LogP contribution in [-0.4, -0.2) is 5.21 Å². The zero-order chi connectivity index (χ0) is 12.3. The van der Waals surface area contributed by atoms with Gasteiger partial charge in [0.2, 0.25) is 0 Å². The number of benzene rings is 2. The smallest absolute Gasteiger partial charge is 0.180 e. The predicted molar refractivity (Wildman–Crippen MR) is 62.7 cm³/mol. The molecule has 0 aromatic heterocycles. The maximum absolute atomic E-state index is 13.0. The van der Waals surface area contributed by atoms with Crippen LogP contribution in [0, 0.1) is 11.0 Å². The number of nitrogens with one attached hydrogen (secondary N) is 1. The van der Waals surface area contributed by atoms with Gasteiger partial charge in [0.15, 0.2) is 5.69 Å². The van der Waals surface area contributed by atoms with Crippen LogP contribution in [0.15, 0.2) is 58.3 Å². The van der Waals surface area contributed by atoms with Gasteiger partial charge in [0.05, 0.1) is 4.90 Å². The highest BCUT2D eigenvalue weighted by molar-refractivity contribution is 7.99. The van der Waals surface area contributed by atoms with Crippen molar-refractivity contribution >= 4 is 17.4 Å². The zero-order valence-corrected chi connectivity index (χ0v) is 9.58. The fourth-order valence-corrected chi connectivity index (χ4v) is 2.31. The number of rotatable bonds is 3. The second-order valence-corrected chi connectivity index (χ2v) is 4.48. The molecular formula is C12H10FNO2S. The zero-order valence-electron chi connectivity index (χ0n) is 8.76. The van der Waals surface area contributed by atoms with Gasteiger partial charge in [-0.05, 0) is 24.3 Å². The fraction of sp³-hybridized carbons (Fsp3) is 0. The quantitative estimate of drug-likeness (QED) is 0.823. The van der Waals surface area contributed by atoms with E-state index in [1.165, 1.54) is 23.9 Å². The molecule has 2 rings (SSSR count). The summed E-state index contributed by atoms with van der Waals surface area (Å²) in [6.45, 7) is 0. The van der Waals surface area contributed by atoms with Gasteiger partial charge in [0, 0.05) is 11.0 Å². The van der Waals surface area contributed by atoms with Gasteiger partial charge in [-0.1, -0.05) is 30.0 Å². The molecule has 1 atom stereocenters. The van der Waals surface area contributed by atoms with Crippen molar-refractivity contribution in [1.82, 2.24) is 0 Å². The van der Waals surface area contributed by atoms with E-state index in [-0.39, 0.29) is 5.69 Å². The van der Waals surface area contributed by atoms with Crippen LogP contribution in [0.3, 0.4) is 0 Å². The molecule has 0 radical (unpaired) electrons. The van der Waals surface area contributed by atoms with Crippen LogP contribution >= 0.6 is 11.8 Å². The molecule has 5 heteroatoms. The Bertz CT molecular complexity index is 505. The van der Waals surface area contributed by atoms with Gasteiger partial charge in [-0.15, -0.1) is 0 Å². The van der Waals surface area contributed by atoms with Crippen LogP contribution < -0.4 is 5.23 Å². The average Bonchev–Trinajstić information content (AvgIpc) is 2.32. The highest BCUT2D eigenvalue weighted by Gasteiger charge is 2.11. The molecule has 0 saturated carbocycles. The normalized spacial score (nSPS) is 12.4. The van der Waals surface area contributed by atoms with Crippen LogP contribution in [-0.2, 0) is 0 Å². The third-order valence-corrected chi connectivity index (χ3v) is 3.23. The summed E-state index contributed by atoms with van der Waals surface area (Å²) in [5.74, 6) is -0.542. The lowest BCUT2D eigenvalue weighted by Crippen LogP contribution is -2.99. The Hall–Kier alpha value is -1.40. The van der Waals surface area contributed by atoms with Crippen molar-refractivity contribution in [1.29, 1.82) is 0 Å². The number of quaternary nitrogens is 1. The maximum Gasteiger partial charge on any atom is 0.180 e. The van der Waals surface area contributed by atoms with E-state index in [2.05, 4.69) is 0 Å². The van der Waals surface area contributed by atoms with E-state index in [0.29, 0.717) is 4.90 Å². The first-order valence-corrected chi connectivity index (χ1v) is 5.74. The molecule has 0 amide bonds. The topological polar surface area (TPSA) is 47.7 Å². The Labute approximate surface area is 102 Å². The summed E-state index contributed by atoms with van der Waals surface area (Å²) in [6, 6.07) is 13.1. The number of hydrogen-bond donors (Lipinski definition) is 2. The summed E-state index contributed by atoms with van der Waals surface area (Å²) in [5.41, 5.74) is -0.0150. The minimum absolute atomic E-state index is 0.0150. The third-order valence-electron chi connectivity index (χ3n) is 2.14. The molecule has 1 unspecified atom stereocenters. The second-order valence-electron chi connectivity index (χ2n) is 3.36. The monoisotopic (exact) mass is 251 g/mol. The van der Waals surface area contributed by atoms with Gasteiger partial charge in [-0.3, -0.25) is 0 Å². The standard InChI is InChI=1S/C12H10FNO2S/c13-9-6-7-12(11(8-9)14(15)16)17-10-4-2-1-3-5-10/h1-8,14-15H. The Morgan fingerprint density at radius 3 is 2.47 bits per heavy atom. The average molecular weight is 251 g/mol. The van der Waals surface area contributed by atoms with E-state index >= 15 is 0 Å². The van der Waals surface area contributed by atoms with Gasteiger partial charge < -0.3 is 5.21 Å². The first-order valence-electron chi connectivity index (χ1n) is 4.92.